The van der Waals surface area contributed by atoms with Gasteiger partial charge in [-0.2, -0.15) is 0 Å². The third kappa shape index (κ3) is 5.58. The first-order valence-electron chi connectivity index (χ1n) is 7.30. The number of carbonyl (C=O) groups excluding carboxylic acids is 1. The summed E-state index contributed by atoms with van der Waals surface area (Å²) in [5.41, 5.74) is 5.99. The van der Waals surface area contributed by atoms with Crippen molar-refractivity contribution in [3.8, 4) is 0 Å². The van der Waals surface area contributed by atoms with Crippen molar-refractivity contribution in [2.45, 2.75) is 32.4 Å². The van der Waals surface area contributed by atoms with Crippen LogP contribution in [0.25, 0.3) is 0 Å². The van der Waals surface area contributed by atoms with E-state index in [-0.39, 0.29) is 24.4 Å². The van der Waals surface area contributed by atoms with Crippen molar-refractivity contribution in [2.24, 2.45) is 11.7 Å². The fourth-order valence-corrected chi connectivity index (χ4v) is 3.46. The van der Waals surface area contributed by atoms with Crippen LogP contribution in [0, 0.1) is 5.92 Å². The summed E-state index contributed by atoms with van der Waals surface area (Å²) in [4.78, 5) is 17.6. The minimum Gasteiger partial charge on any atom is -0.340 e. The van der Waals surface area contributed by atoms with Gasteiger partial charge in [0.2, 0.25) is 5.91 Å². The van der Waals surface area contributed by atoms with Gasteiger partial charge < -0.3 is 10.6 Å². The molecule has 4 nitrogen and oxygen atoms in total. The van der Waals surface area contributed by atoms with Gasteiger partial charge in [0, 0.05) is 24.5 Å². The summed E-state index contributed by atoms with van der Waals surface area (Å²) in [6.07, 6.45) is 2.33. The average Bonchev–Trinajstić information content (AvgIpc) is 2.91. The molecule has 2 N–H and O–H groups in total. The summed E-state index contributed by atoms with van der Waals surface area (Å²) in [6, 6.07) is 4.31. The van der Waals surface area contributed by atoms with Gasteiger partial charge in [0.15, 0.2) is 0 Å². The lowest BCUT2D eigenvalue weighted by Crippen LogP contribution is -2.46. The lowest BCUT2D eigenvalue weighted by atomic mass is 9.92. The average molecular weight is 332 g/mol. The fourth-order valence-electron chi connectivity index (χ4n) is 2.70. The number of rotatable bonds is 5. The first kappa shape index (κ1) is 18.4. The van der Waals surface area contributed by atoms with E-state index in [0.717, 1.165) is 19.5 Å². The second-order valence-electron chi connectivity index (χ2n) is 5.83. The van der Waals surface area contributed by atoms with Gasteiger partial charge in [-0.25, -0.2) is 0 Å². The number of piperidine rings is 1. The normalized spacial score (nSPS) is 20.6. The topological polar surface area (TPSA) is 49.6 Å². The van der Waals surface area contributed by atoms with Crippen LogP contribution in [0.1, 0.15) is 24.6 Å². The van der Waals surface area contributed by atoms with Crippen LogP contribution < -0.4 is 5.73 Å². The standard InChI is InChI=1S/C15H25N3OS.ClH/c1-12(16)13-5-3-7-18(9-13)11-15(19)17(2)10-14-6-4-8-20-14;/h4,6,8,12-13H,3,5,7,9-11,16H2,1-2H3;1H. The zero-order chi connectivity index (χ0) is 14.5. The Hall–Kier alpha value is -0.620. The summed E-state index contributed by atoms with van der Waals surface area (Å²) >= 11 is 1.70. The molecule has 2 rings (SSSR count). The Balaban J connectivity index is 0.00000220. The molecule has 0 saturated carbocycles. The second kappa shape index (κ2) is 8.73. The Labute approximate surface area is 137 Å². The molecule has 1 aliphatic heterocycles. The van der Waals surface area contributed by atoms with E-state index in [0.29, 0.717) is 19.0 Å². The monoisotopic (exact) mass is 331 g/mol. The smallest absolute Gasteiger partial charge is 0.236 e. The first-order chi connectivity index (χ1) is 9.56. The molecule has 0 aliphatic carbocycles. The molecule has 1 aromatic heterocycles. The van der Waals surface area contributed by atoms with Crippen LogP contribution in [0.2, 0.25) is 0 Å². The first-order valence-corrected chi connectivity index (χ1v) is 8.18. The number of hydrogen-bond acceptors (Lipinski definition) is 4. The van der Waals surface area contributed by atoms with E-state index in [1.54, 1.807) is 11.3 Å². The van der Waals surface area contributed by atoms with Crippen molar-refractivity contribution >= 4 is 29.7 Å². The number of carbonyl (C=O) groups is 1. The molecule has 0 aromatic carbocycles. The van der Waals surface area contributed by atoms with E-state index in [2.05, 4.69) is 17.9 Å². The summed E-state index contributed by atoms with van der Waals surface area (Å²) in [5, 5.41) is 2.05. The minimum absolute atomic E-state index is 0. The Morgan fingerprint density at radius 1 is 1.62 bits per heavy atom. The van der Waals surface area contributed by atoms with E-state index in [4.69, 9.17) is 5.73 Å². The maximum Gasteiger partial charge on any atom is 0.236 e. The van der Waals surface area contributed by atoms with E-state index in [1.165, 1.54) is 11.3 Å². The zero-order valence-corrected chi connectivity index (χ0v) is 14.5. The molecule has 1 aromatic rings. The number of halogens is 1. The number of nitrogens with zero attached hydrogens (tertiary/aromatic N) is 2. The summed E-state index contributed by atoms with van der Waals surface area (Å²) in [5.74, 6) is 0.725. The Bertz CT molecular complexity index is 425. The molecule has 0 radical (unpaired) electrons. The lowest BCUT2D eigenvalue weighted by molar-refractivity contribution is -0.132. The largest absolute Gasteiger partial charge is 0.340 e. The molecule has 21 heavy (non-hydrogen) atoms. The van der Waals surface area contributed by atoms with Gasteiger partial charge in [0.1, 0.15) is 0 Å². The van der Waals surface area contributed by atoms with Gasteiger partial charge in [-0.3, -0.25) is 9.69 Å². The van der Waals surface area contributed by atoms with E-state index < -0.39 is 0 Å². The van der Waals surface area contributed by atoms with Gasteiger partial charge in [-0.05, 0) is 43.7 Å². The molecule has 0 spiro atoms. The van der Waals surface area contributed by atoms with Crippen LogP contribution in [-0.4, -0.2) is 48.4 Å². The molecule has 2 unspecified atom stereocenters. The van der Waals surface area contributed by atoms with Crippen molar-refractivity contribution in [3.63, 3.8) is 0 Å². The number of hydrogen-bond donors (Lipinski definition) is 1. The van der Waals surface area contributed by atoms with Crippen LogP contribution in [0.15, 0.2) is 17.5 Å². The SMILES string of the molecule is CC(N)C1CCCN(CC(=O)N(C)Cc2cccs2)C1.Cl. The van der Waals surface area contributed by atoms with E-state index in [1.807, 2.05) is 23.4 Å². The Morgan fingerprint density at radius 2 is 2.38 bits per heavy atom. The predicted octanol–water partition coefficient (Wildman–Crippen LogP) is 2.19. The molecule has 6 heteroatoms. The van der Waals surface area contributed by atoms with E-state index in [9.17, 15) is 4.79 Å². The van der Waals surface area contributed by atoms with Crippen LogP contribution in [-0.2, 0) is 11.3 Å². The van der Waals surface area contributed by atoms with Gasteiger partial charge in [0.05, 0.1) is 13.1 Å². The maximum absolute atomic E-state index is 12.3. The molecule has 2 atom stereocenters. The molecule has 1 fully saturated rings. The van der Waals surface area contributed by atoms with Crippen LogP contribution in [0.4, 0.5) is 0 Å². The molecular formula is C15H26ClN3OS. The van der Waals surface area contributed by atoms with Crippen molar-refractivity contribution in [2.75, 3.05) is 26.7 Å². The molecule has 1 amide bonds. The Kier molecular flexibility index (Phi) is 7.66. The second-order valence-corrected chi connectivity index (χ2v) is 6.86. The molecular weight excluding hydrogens is 306 g/mol. The zero-order valence-electron chi connectivity index (χ0n) is 12.8. The molecule has 120 valence electrons. The van der Waals surface area contributed by atoms with E-state index >= 15 is 0 Å². The number of amides is 1. The Morgan fingerprint density at radius 3 is 3.00 bits per heavy atom. The van der Waals surface area contributed by atoms with Crippen molar-refractivity contribution in [1.29, 1.82) is 0 Å². The number of thiophene rings is 1. The molecule has 0 bridgehead atoms. The molecule has 1 aliphatic rings. The third-order valence-electron chi connectivity index (χ3n) is 4.04. The summed E-state index contributed by atoms with van der Waals surface area (Å²) in [7, 11) is 1.88. The van der Waals surface area contributed by atoms with Gasteiger partial charge in [-0.1, -0.05) is 6.07 Å². The van der Waals surface area contributed by atoms with Crippen molar-refractivity contribution in [3.05, 3.63) is 22.4 Å². The highest BCUT2D eigenvalue weighted by atomic mass is 35.5. The van der Waals surface area contributed by atoms with Crippen molar-refractivity contribution in [1.82, 2.24) is 9.80 Å². The highest BCUT2D eigenvalue weighted by Gasteiger charge is 2.24. The lowest BCUT2D eigenvalue weighted by Gasteiger charge is -2.34. The van der Waals surface area contributed by atoms with Crippen LogP contribution in [0.5, 0.6) is 0 Å². The third-order valence-corrected chi connectivity index (χ3v) is 4.90. The van der Waals surface area contributed by atoms with Gasteiger partial charge in [0.25, 0.3) is 0 Å². The predicted molar refractivity (Wildman–Crippen MR) is 90.9 cm³/mol. The number of nitrogens with two attached hydrogens (primary N) is 1. The summed E-state index contributed by atoms with van der Waals surface area (Å²) in [6.45, 7) is 5.27. The van der Waals surface area contributed by atoms with Gasteiger partial charge in [-0.15, -0.1) is 23.7 Å². The highest BCUT2D eigenvalue weighted by molar-refractivity contribution is 7.09. The van der Waals surface area contributed by atoms with Crippen LogP contribution in [0.3, 0.4) is 0 Å². The van der Waals surface area contributed by atoms with Crippen molar-refractivity contribution < 1.29 is 4.79 Å². The number of likely N-dealkylation sites (N-methyl/N-ethyl adjacent to an activating group) is 1. The fraction of sp³-hybridized carbons (Fsp3) is 0.667. The molecule has 2 heterocycles. The summed E-state index contributed by atoms with van der Waals surface area (Å²) < 4.78 is 0. The molecule has 1 saturated heterocycles. The maximum atomic E-state index is 12.3. The highest BCUT2D eigenvalue weighted by Crippen LogP contribution is 2.19. The quantitative estimate of drug-likeness (QED) is 0.899. The minimum atomic E-state index is 0. The van der Waals surface area contributed by atoms with Crippen LogP contribution >= 0.6 is 23.7 Å². The number of likely N-dealkylation sites (tertiary alicyclic amines) is 1. The van der Waals surface area contributed by atoms with Gasteiger partial charge >= 0.3 is 0 Å².